The number of rotatable bonds is 6. The Bertz CT molecular complexity index is 455. The van der Waals surface area contributed by atoms with Crippen LogP contribution in [-0.4, -0.2) is 24.8 Å². The Morgan fingerprint density at radius 1 is 1.38 bits per heavy atom. The van der Waals surface area contributed by atoms with Crippen molar-refractivity contribution in [3.05, 3.63) is 35.1 Å². The van der Waals surface area contributed by atoms with Crippen molar-refractivity contribution in [2.24, 2.45) is 0 Å². The van der Waals surface area contributed by atoms with Crippen molar-refractivity contribution >= 4 is 0 Å². The van der Waals surface area contributed by atoms with Gasteiger partial charge in [-0.15, -0.1) is 0 Å². The molecule has 3 heteroatoms. The number of aryl methyl sites for hydroxylation is 1. The Hall–Kier alpha value is -0.930. The molecule has 21 heavy (non-hydrogen) atoms. The molecule has 0 amide bonds. The van der Waals surface area contributed by atoms with Crippen molar-refractivity contribution in [2.75, 3.05) is 13.2 Å². The fourth-order valence-electron chi connectivity index (χ4n) is 3.13. The highest BCUT2D eigenvalue weighted by molar-refractivity contribution is 5.28. The lowest BCUT2D eigenvalue weighted by Gasteiger charge is -2.41. The van der Waals surface area contributed by atoms with Crippen LogP contribution < -0.4 is 5.32 Å². The van der Waals surface area contributed by atoms with Gasteiger partial charge in [-0.1, -0.05) is 13.0 Å². The van der Waals surface area contributed by atoms with Gasteiger partial charge in [-0.3, -0.25) is 0 Å². The molecule has 118 valence electrons. The number of hydrogen-bond acceptors (Lipinski definition) is 2. The molecule has 0 aromatic heterocycles. The molecule has 0 saturated carbocycles. The van der Waals surface area contributed by atoms with E-state index in [0.717, 1.165) is 50.0 Å². The Morgan fingerprint density at radius 2 is 2.19 bits per heavy atom. The molecule has 2 nitrogen and oxygen atoms in total. The summed E-state index contributed by atoms with van der Waals surface area (Å²) in [5.74, 6) is -0.153. The second kappa shape index (κ2) is 7.37. The van der Waals surface area contributed by atoms with E-state index in [9.17, 15) is 4.39 Å². The van der Waals surface area contributed by atoms with Crippen LogP contribution >= 0.6 is 0 Å². The van der Waals surface area contributed by atoms with Crippen molar-refractivity contribution in [2.45, 2.75) is 64.5 Å². The number of ether oxygens (including phenoxy) is 1. The highest BCUT2D eigenvalue weighted by Gasteiger charge is 2.36. The number of nitrogens with one attached hydrogen (secondary N) is 1. The minimum absolute atomic E-state index is 0.147. The minimum atomic E-state index is -0.153. The van der Waals surface area contributed by atoms with Gasteiger partial charge in [0.1, 0.15) is 5.82 Å². The molecule has 2 atom stereocenters. The van der Waals surface area contributed by atoms with Crippen molar-refractivity contribution in [3.63, 3.8) is 0 Å². The third kappa shape index (κ3) is 4.27. The number of hydrogen-bond donors (Lipinski definition) is 1. The Kier molecular flexibility index (Phi) is 5.77. The normalized spacial score (nSPS) is 24.0. The molecular formula is C18H28FNO. The van der Waals surface area contributed by atoms with Crippen molar-refractivity contribution in [1.82, 2.24) is 5.32 Å². The fourth-order valence-corrected chi connectivity index (χ4v) is 3.13. The zero-order chi connectivity index (χ0) is 15.3. The van der Waals surface area contributed by atoms with E-state index in [-0.39, 0.29) is 17.5 Å². The molecule has 1 heterocycles. The minimum Gasteiger partial charge on any atom is -0.374 e. The van der Waals surface area contributed by atoms with Crippen molar-refractivity contribution < 1.29 is 9.13 Å². The van der Waals surface area contributed by atoms with Gasteiger partial charge >= 0.3 is 0 Å². The SMILES string of the molecule is CCCNC(Cc1cc(F)ccc1C)C1(C)CCCCO1. The lowest BCUT2D eigenvalue weighted by atomic mass is 9.84. The molecular weight excluding hydrogens is 265 g/mol. The second-order valence-electron chi connectivity index (χ2n) is 6.40. The first-order chi connectivity index (χ1) is 10.0. The van der Waals surface area contributed by atoms with E-state index in [1.165, 1.54) is 12.5 Å². The summed E-state index contributed by atoms with van der Waals surface area (Å²) in [6.07, 6.45) is 5.34. The van der Waals surface area contributed by atoms with Crippen LogP contribution in [0.4, 0.5) is 4.39 Å². The van der Waals surface area contributed by atoms with E-state index in [1.807, 2.05) is 6.07 Å². The molecule has 1 N–H and O–H groups in total. The Morgan fingerprint density at radius 3 is 2.86 bits per heavy atom. The Labute approximate surface area is 128 Å². The standard InChI is InChI=1S/C18H28FNO/c1-4-10-20-17(18(3)9-5-6-11-21-18)13-15-12-16(19)8-7-14(15)2/h7-8,12,17,20H,4-6,9-11,13H2,1-3H3. The zero-order valence-electron chi connectivity index (χ0n) is 13.5. The van der Waals surface area contributed by atoms with Gasteiger partial charge < -0.3 is 10.1 Å². The van der Waals surface area contributed by atoms with Crippen molar-refractivity contribution in [1.29, 1.82) is 0 Å². The molecule has 2 rings (SSSR count). The molecule has 1 aromatic carbocycles. The van der Waals surface area contributed by atoms with Crippen LogP contribution in [0.2, 0.25) is 0 Å². The van der Waals surface area contributed by atoms with Gasteiger partial charge in [0.25, 0.3) is 0 Å². The van der Waals surface area contributed by atoms with Crippen LogP contribution in [0.5, 0.6) is 0 Å². The molecule has 0 bridgehead atoms. The quantitative estimate of drug-likeness (QED) is 0.856. The van der Waals surface area contributed by atoms with E-state index >= 15 is 0 Å². The van der Waals surface area contributed by atoms with Crippen LogP contribution in [0.25, 0.3) is 0 Å². The summed E-state index contributed by atoms with van der Waals surface area (Å²) < 4.78 is 19.6. The lowest BCUT2D eigenvalue weighted by molar-refractivity contribution is -0.0883. The molecule has 2 unspecified atom stereocenters. The van der Waals surface area contributed by atoms with Gasteiger partial charge in [0, 0.05) is 12.6 Å². The molecule has 0 radical (unpaired) electrons. The summed E-state index contributed by atoms with van der Waals surface area (Å²) in [7, 11) is 0. The first-order valence-corrected chi connectivity index (χ1v) is 8.17. The lowest BCUT2D eigenvalue weighted by Crippen LogP contribution is -2.53. The smallest absolute Gasteiger partial charge is 0.123 e. The van der Waals surface area contributed by atoms with E-state index in [1.54, 1.807) is 6.07 Å². The maximum atomic E-state index is 13.5. The van der Waals surface area contributed by atoms with Gasteiger partial charge in [0.05, 0.1) is 5.60 Å². The van der Waals surface area contributed by atoms with Gasteiger partial charge in [-0.25, -0.2) is 4.39 Å². The Balaban J connectivity index is 2.17. The molecule has 1 saturated heterocycles. The highest BCUT2D eigenvalue weighted by atomic mass is 19.1. The summed E-state index contributed by atoms with van der Waals surface area (Å²) in [4.78, 5) is 0. The average Bonchev–Trinajstić information content (AvgIpc) is 2.47. The summed E-state index contributed by atoms with van der Waals surface area (Å²) in [5, 5.41) is 3.63. The molecule has 1 aromatic rings. The van der Waals surface area contributed by atoms with E-state index < -0.39 is 0 Å². The first kappa shape index (κ1) is 16.4. The van der Waals surface area contributed by atoms with E-state index in [2.05, 4.69) is 26.1 Å². The average molecular weight is 293 g/mol. The monoisotopic (exact) mass is 293 g/mol. The van der Waals surface area contributed by atoms with Gasteiger partial charge in [-0.05, 0) is 75.8 Å². The van der Waals surface area contributed by atoms with Crippen LogP contribution in [0.15, 0.2) is 18.2 Å². The van der Waals surface area contributed by atoms with E-state index in [0.29, 0.717) is 0 Å². The fraction of sp³-hybridized carbons (Fsp3) is 0.667. The first-order valence-electron chi connectivity index (χ1n) is 8.17. The molecule has 0 aliphatic carbocycles. The molecule has 1 fully saturated rings. The van der Waals surface area contributed by atoms with Crippen molar-refractivity contribution in [3.8, 4) is 0 Å². The third-order valence-corrected chi connectivity index (χ3v) is 4.61. The van der Waals surface area contributed by atoms with Crippen LogP contribution in [0.1, 0.15) is 50.7 Å². The van der Waals surface area contributed by atoms with Crippen LogP contribution in [0, 0.1) is 12.7 Å². The van der Waals surface area contributed by atoms with Gasteiger partial charge in [0.15, 0.2) is 0 Å². The maximum Gasteiger partial charge on any atom is 0.123 e. The predicted octanol–water partition coefficient (Wildman–Crippen LogP) is 4.00. The highest BCUT2D eigenvalue weighted by Crippen LogP contribution is 2.30. The van der Waals surface area contributed by atoms with Gasteiger partial charge in [0.2, 0.25) is 0 Å². The van der Waals surface area contributed by atoms with E-state index in [4.69, 9.17) is 4.74 Å². The maximum absolute atomic E-state index is 13.5. The molecule has 1 aliphatic rings. The topological polar surface area (TPSA) is 21.3 Å². The summed E-state index contributed by atoms with van der Waals surface area (Å²) in [5.41, 5.74) is 2.09. The van der Waals surface area contributed by atoms with Crippen LogP contribution in [-0.2, 0) is 11.2 Å². The predicted molar refractivity (Wildman–Crippen MR) is 85.1 cm³/mol. The number of halogens is 1. The summed E-state index contributed by atoms with van der Waals surface area (Å²) in [6.45, 7) is 8.23. The summed E-state index contributed by atoms with van der Waals surface area (Å²) in [6, 6.07) is 5.30. The number of benzene rings is 1. The molecule has 1 aliphatic heterocycles. The second-order valence-corrected chi connectivity index (χ2v) is 6.40. The third-order valence-electron chi connectivity index (χ3n) is 4.61. The van der Waals surface area contributed by atoms with Crippen LogP contribution in [0.3, 0.4) is 0 Å². The summed E-state index contributed by atoms with van der Waals surface area (Å²) >= 11 is 0. The molecule has 0 spiro atoms. The van der Waals surface area contributed by atoms with Gasteiger partial charge in [-0.2, -0.15) is 0 Å². The zero-order valence-corrected chi connectivity index (χ0v) is 13.5. The largest absolute Gasteiger partial charge is 0.374 e.